The number of esters is 1. The molecule has 0 radical (unpaired) electrons. The van der Waals surface area contributed by atoms with E-state index >= 15 is 0 Å². The highest BCUT2D eigenvalue weighted by Gasteiger charge is 2.20. The average Bonchev–Trinajstić information content (AvgIpc) is 2.67. The quantitative estimate of drug-likeness (QED) is 0.627. The molecule has 1 amide bonds. The lowest BCUT2D eigenvalue weighted by molar-refractivity contribution is -0.123. The van der Waals surface area contributed by atoms with Crippen molar-refractivity contribution in [2.24, 2.45) is 0 Å². The van der Waals surface area contributed by atoms with Gasteiger partial charge in [0.25, 0.3) is 5.91 Å². The molecule has 3 rings (SSSR count). The second-order valence-electron chi connectivity index (χ2n) is 6.83. The molecule has 3 aromatic carbocycles. The van der Waals surface area contributed by atoms with Crippen LogP contribution in [0.3, 0.4) is 0 Å². The fourth-order valence-corrected chi connectivity index (χ4v) is 3.69. The maximum absolute atomic E-state index is 12.5. The third-order valence-corrected chi connectivity index (χ3v) is 5.18. The van der Waals surface area contributed by atoms with E-state index in [2.05, 4.69) is 5.32 Å². The summed E-state index contributed by atoms with van der Waals surface area (Å²) < 4.78 is 27.9. The van der Waals surface area contributed by atoms with Crippen molar-refractivity contribution in [3.8, 4) is 0 Å². The zero-order valence-electron chi connectivity index (χ0n) is 16.1. The molecule has 150 valence electrons. The Balaban J connectivity index is 1.65. The van der Waals surface area contributed by atoms with Gasteiger partial charge in [0, 0.05) is 17.3 Å². The molecule has 0 aromatic heterocycles. The summed E-state index contributed by atoms with van der Waals surface area (Å²) in [6.07, 6.45) is 0.142. The molecule has 1 N–H and O–H groups in total. The van der Waals surface area contributed by atoms with E-state index < -0.39 is 27.8 Å². The van der Waals surface area contributed by atoms with Crippen molar-refractivity contribution in [2.75, 3.05) is 11.6 Å². The highest BCUT2D eigenvalue weighted by atomic mass is 32.2. The van der Waals surface area contributed by atoms with Gasteiger partial charge < -0.3 is 10.1 Å². The number of carbonyl (C=O) groups is 2. The molecule has 1 atom stereocenters. The summed E-state index contributed by atoms with van der Waals surface area (Å²) in [5.41, 5.74) is 1.46. The van der Waals surface area contributed by atoms with Crippen LogP contribution in [0, 0.1) is 0 Å². The SMILES string of the molecule is C[C@H](OC(=O)c1ccc(CS(C)(=O)=O)cc1)C(=O)Nc1cccc2ccccc12. The van der Waals surface area contributed by atoms with E-state index in [4.69, 9.17) is 4.74 Å². The average molecular weight is 411 g/mol. The molecule has 6 nitrogen and oxygen atoms in total. The number of fused-ring (bicyclic) bond motifs is 1. The third kappa shape index (κ3) is 5.42. The van der Waals surface area contributed by atoms with E-state index in [0.29, 0.717) is 11.3 Å². The zero-order valence-corrected chi connectivity index (χ0v) is 16.9. The normalized spacial score (nSPS) is 12.3. The lowest BCUT2D eigenvalue weighted by Crippen LogP contribution is -2.30. The van der Waals surface area contributed by atoms with Gasteiger partial charge in [0.05, 0.1) is 11.3 Å². The number of nitrogens with one attached hydrogen (secondary N) is 1. The van der Waals surface area contributed by atoms with E-state index in [-0.39, 0.29) is 11.3 Å². The van der Waals surface area contributed by atoms with Crippen molar-refractivity contribution in [3.63, 3.8) is 0 Å². The molecule has 7 heteroatoms. The smallest absolute Gasteiger partial charge is 0.338 e. The summed E-state index contributed by atoms with van der Waals surface area (Å²) >= 11 is 0. The van der Waals surface area contributed by atoms with Crippen LogP contribution in [-0.2, 0) is 25.1 Å². The van der Waals surface area contributed by atoms with Crippen LogP contribution in [0.1, 0.15) is 22.8 Å². The van der Waals surface area contributed by atoms with Crippen molar-refractivity contribution in [1.82, 2.24) is 0 Å². The monoisotopic (exact) mass is 411 g/mol. The van der Waals surface area contributed by atoms with Gasteiger partial charge >= 0.3 is 5.97 Å². The fourth-order valence-electron chi connectivity index (χ4n) is 2.89. The molecule has 0 aliphatic heterocycles. The molecular weight excluding hydrogens is 390 g/mol. The predicted octanol–water partition coefficient (Wildman–Crippen LogP) is 3.57. The van der Waals surface area contributed by atoms with Crippen LogP contribution in [0.15, 0.2) is 66.7 Å². The van der Waals surface area contributed by atoms with Crippen LogP contribution in [0.4, 0.5) is 5.69 Å². The van der Waals surface area contributed by atoms with Crippen molar-refractivity contribution in [3.05, 3.63) is 77.9 Å². The number of amides is 1. The van der Waals surface area contributed by atoms with Gasteiger partial charge in [-0.15, -0.1) is 0 Å². The van der Waals surface area contributed by atoms with E-state index in [1.807, 2.05) is 36.4 Å². The summed E-state index contributed by atoms with van der Waals surface area (Å²) in [5.74, 6) is -1.20. The standard InChI is InChI=1S/C22H21NO5S/c1-15(21(24)23-20-9-5-7-17-6-3-4-8-19(17)20)28-22(25)18-12-10-16(11-13-18)14-29(2,26)27/h3-13,15H,14H2,1-2H3,(H,23,24)/t15-/m0/s1. The van der Waals surface area contributed by atoms with Gasteiger partial charge in [-0.2, -0.15) is 0 Å². The third-order valence-electron chi connectivity index (χ3n) is 4.32. The van der Waals surface area contributed by atoms with Crippen LogP contribution in [0.25, 0.3) is 10.8 Å². The highest BCUT2D eigenvalue weighted by Crippen LogP contribution is 2.23. The number of ether oxygens (including phenoxy) is 1. The Morgan fingerprint density at radius 1 is 0.966 bits per heavy atom. The number of anilines is 1. The maximum Gasteiger partial charge on any atom is 0.338 e. The van der Waals surface area contributed by atoms with Crippen LogP contribution in [0.2, 0.25) is 0 Å². The minimum Gasteiger partial charge on any atom is -0.449 e. The van der Waals surface area contributed by atoms with Gasteiger partial charge in [0.1, 0.15) is 0 Å². The molecule has 3 aromatic rings. The molecule has 0 aliphatic rings. The molecule has 0 spiro atoms. The largest absolute Gasteiger partial charge is 0.449 e. The minimum atomic E-state index is -3.16. The van der Waals surface area contributed by atoms with E-state index in [9.17, 15) is 18.0 Å². The van der Waals surface area contributed by atoms with Crippen molar-refractivity contribution < 1.29 is 22.7 Å². The van der Waals surface area contributed by atoms with E-state index in [0.717, 1.165) is 17.0 Å². The molecule has 0 fully saturated rings. The van der Waals surface area contributed by atoms with Gasteiger partial charge in [0.15, 0.2) is 15.9 Å². The number of rotatable bonds is 6. The van der Waals surface area contributed by atoms with Crippen molar-refractivity contribution in [2.45, 2.75) is 18.8 Å². The van der Waals surface area contributed by atoms with Gasteiger partial charge in [0.2, 0.25) is 0 Å². The Labute approximate surface area is 169 Å². The molecule has 0 bridgehead atoms. The summed E-state index contributed by atoms with van der Waals surface area (Å²) in [5, 5.41) is 4.68. The Hall–Kier alpha value is -3.19. The molecular formula is C22H21NO5S. The minimum absolute atomic E-state index is 0.105. The number of carbonyl (C=O) groups excluding carboxylic acids is 2. The highest BCUT2D eigenvalue weighted by molar-refractivity contribution is 7.89. The first kappa shape index (κ1) is 20.5. The molecule has 0 heterocycles. The lowest BCUT2D eigenvalue weighted by Gasteiger charge is -2.15. The molecule has 0 saturated carbocycles. The number of sulfone groups is 1. The summed E-state index contributed by atoms with van der Waals surface area (Å²) in [6, 6.07) is 19.3. The first-order valence-electron chi connectivity index (χ1n) is 8.99. The lowest BCUT2D eigenvalue weighted by atomic mass is 10.1. The summed E-state index contributed by atoms with van der Waals surface area (Å²) in [6.45, 7) is 1.50. The van der Waals surface area contributed by atoms with Crippen molar-refractivity contribution in [1.29, 1.82) is 0 Å². The molecule has 29 heavy (non-hydrogen) atoms. The first-order chi connectivity index (χ1) is 13.7. The zero-order chi connectivity index (χ0) is 21.0. The Morgan fingerprint density at radius 2 is 1.62 bits per heavy atom. The maximum atomic E-state index is 12.5. The predicted molar refractivity (Wildman–Crippen MR) is 112 cm³/mol. The first-order valence-corrected chi connectivity index (χ1v) is 11.1. The van der Waals surface area contributed by atoms with E-state index in [1.165, 1.54) is 19.1 Å². The van der Waals surface area contributed by atoms with Crippen molar-refractivity contribution >= 4 is 38.2 Å². The van der Waals surface area contributed by atoms with Gasteiger partial charge in [-0.3, -0.25) is 4.79 Å². The molecule has 0 aliphatic carbocycles. The second kappa shape index (κ2) is 8.45. The fraction of sp³-hybridized carbons (Fsp3) is 0.182. The second-order valence-corrected chi connectivity index (χ2v) is 8.97. The molecule has 0 unspecified atom stereocenters. The summed E-state index contributed by atoms with van der Waals surface area (Å²) in [7, 11) is -3.16. The summed E-state index contributed by atoms with van der Waals surface area (Å²) in [4.78, 5) is 24.8. The Kier molecular flexibility index (Phi) is 5.98. The number of benzene rings is 3. The van der Waals surface area contributed by atoms with Crippen LogP contribution in [-0.4, -0.2) is 32.7 Å². The Morgan fingerprint density at radius 3 is 2.31 bits per heavy atom. The number of hydrogen-bond acceptors (Lipinski definition) is 5. The van der Waals surface area contributed by atoms with Gasteiger partial charge in [-0.25, -0.2) is 13.2 Å². The van der Waals surface area contributed by atoms with Crippen LogP contribution < -0.4 is 5.32 Å². The van der Waals surface area contributed by atoms with Crippen LogP contribution in [0.5, 0.6) is 0 Å². The molecule has 0 saturated heterocycles. The van der Waals surface area contributed by atoms with Gasteiger partial charge in [-0.05, 0) is 36.1 Å². The topological polar surface area (TPSA) is 89.5 Å². The van der Waals surface area contributed by atoms with E-state index in [1.54, 1.807) is 18.2 Å². The van der Waals surface area contributed by atoms with Gasteiger partial charge in [-0.1, -0.05) is 48.5 Å². The number of hydrogen-bond donors (Lipinski definition) is 1. The Bertz CT molecular complexity index is 1150. The van der Waals surface area contributed by atoms with Crippen LogP contribution >= 0.6 is 0 Å².